The summed E-state index contributed by atoms with van der Waals surface area (Å²) in [6.45, 7) is 2.77. The van der Waals surface area contributed by atoms with E-state index in [1.165, 1.54) is 11.0 Å². The number of alkyl halides is 3. The van der Waals surface area contributed by atoms with E-state index in [0.717, 1.165) is 18.1 Å². The fraction of sp³-hybridized carbons (Fsp3) is 0.294. The molecular weight excluding hydrogens is 407 g/mol. The van der Waals surface area contributed by atoms with E-state index >= 15 is 0 Å². The molecule has 1 N–H and O–H groups in total. The summed E-state index contributed by atoms with van der Waals surface area (Å²) in [6, 6.07) is 7.71. The second-order valence-corrected chi connectivity index (χ2v) is 6.50. The first-order valence-corrected chi connectivity index (χ1v) is 8.58. The summed E-state index contributed by atoms with van der Waals surface area (Å²) in [5.41, 5.74) is -1.19. The van der Waals surface area contributed by atoms with E-state index in [2.05, 4.69) is 20.5 Å². The molecule has 0 saturated heterocycles. The largest absolute Gasteiger partial charge is 0.442 e. The zero-order chi connectivity index (χ0) is 22.1. The van der Waals surface area contributed by atoms with Crippen LogP contribution in [0.25, 0.3) is 0 Å². The lowest BCUT2D eigenvalue weighted by atomic mass is 10.1. The molecule has 2 heterocycles. The van der Waals surface area contributed by atoms with Crippen molar-refractivity contribution in [1.82, 2.24) is 24.5 Å². The van der Waals surface area contributed by atoms with Crippen molar-refractivity contribution in [3.63, 3.8) is 0 Å². The van der Waals surface area contributed by atoms with Crippen LogP contribution in [0.2, 0.25) is 0 Å². The molecule has 0 fully saturated rings. The second kappa shape index (κ2) is 7.93. The zero-order valence-corrected chi connectivity index (χ0v) is 15.8. The Morgan fingerprint density at radius 1 is 1.27 bits per heavy atom. The molecule has 0 radical (unpaired) electrons. The topological polar surface area (TPSA) is 121 Å². The van der Waals surface area contributed by atoms with Crippen molar-refractivity contribution in [3.8, 4) is 0 Å². The van der Waals surface area contributed by atoms with Crippen LogP contribution in [0.5, 0.6) is 0 Å². The Hall–Kier alpha value is -3.77. The maximum absolute atomic E-state index is 13.0. The second-order valence-electron chi connectivity index (χ2n) is 6.50. The summed E-state index contributed by atoms with van der Waals surface area (Å²) in [5, 5.41) is 20.6. The van der Waals surface area contributed by atoms with E-state index in [1.54, 1.807) is 0 Å². The van der Waals surface area contributed by atoms with Gasteiger partial charge in [-0.3, -0.25) is 24.9 Å². The van der Waals surface area contributed by atoms with E-state index in [-0.39, 0.29) is 11.6 Å². The standard InChI is InChI=1S/C17H16F3N7O3/c1-10-4-3-5-12(6-10)7-25-9-21-16(24-25)22-13(28)8-26-11(2)14(27(29)30)15(23-26)17(18,19)20/h3-6,9H,7-8H2,1-2H3,(H,22,24,28). The summed E-state index contributed by atoms with van der Waals surface area (Å²) in [7, 11) is 0. The number of aromatic nitrogens is 5. The number of nitro groups is 1. The van der Waals surface area contributed by atoms with Gasteiger partial charge in [0.1, 0.15) is 18.6 Å². The molecule has 0 aliphatic carbocycles. The third kappa shape index (κ3) is 4.61. The summed E-state index contributed by atoms with van der Waals surface area (Å²) in [6.07, 6.45) is -3.63. The monoisotopic (exact) mass is 423 g/mol. The summed E-state index contributed by atoms with van der Waals surface area (Å²) < 4.78 is 41.1. The number of carbonyl (C=O) groups is 1. The molecule has 30 heavy (non-hydrogen) atoms. The van der Waals surface area contributed by atoms with Crippen molar-refractivity contribution in [2.75, 3.05) is 5.32 Å². The number of nitrogens with zero attached hydrogens (tertiary/aromatic N) is 6. The van der Waals surface area contributed by atoms with Crippen molar-refractivity contribution >= 4 is 17.5 Å². The molecule has 3 rings (SSSR count). The molecule has 0 bridgehead atoms. The van der Waals surface area contributed by atoms with Crippen LogP contribution in [0.1, 0.15) is 22.5 Å². The Kier molecular flexibility index (Phi) is 5.54. The SMILES string of the molecule is Cc1cccc(Cn2cnc(NC(=O)Cn3nc(C(F)(F)F)c([N+](=O)[O-])c3C)n2)c1. The molecule has 0 spiro atoms. The number of amides is 1. The number of rotatable bonds is 6. The minimum Gasteiger partial charge on any atom is -0.292 e. The molecule has 2 aromatic heterocycles. The normalized spacial score (nSPS) is 11.5. The van der Waals surface area contributed by atoms with Crippen LogP contribution in [0, 0.1) is 24.0 Å². The summed E-state index contributed by atoms with van der Waals surface area (Å²) in [4.78, 5) is 25.9. The molecule has 0 atom stereocenters. The number of hydrogen-bond acceptors (Lipinski definition) is 6. The lowest BCUT2D eigenvalue weighted by Gasteiger charge is -2.04. The number of anilines is 1. The van der Waals surface area contributed by atoms with E-state index in [0.29, 0.717) is 11.2 Å². The van der Waals surface area contributed by atoms with Crippen molar-refractivity contribution in [3.05, 3.63) is 63.2 Å². The van der Waals surface area contributed by atoms with Gasteiger partial charge in [0.25, 0.3) is 0 Å². The van der Waals surface area contributed by atoms with Crippen LogP contribution in [-0.2, 0) is 24.1 Å². The van der Waals surface area contributed by atoms with Gasteiger partial charge in [0.2, 0.25) is 17.5 Å². The Bertz CT molecular complexity index is 1100. The molecule has 158 valence electrons. The molecule has 0 saturated carbocycles. The van der Waals surface area contributed by atoms with Gasteiger partial charge in [-0.1, -0.05) is 29.8 Å². The van der Waals surface area contributed by atoms with Gasteiger partial charge < -0.3 is 0 Å². The Morgan fingerprint density at radius 2 is 2.00 bits per heavy atom. The number of benzene rings is 1. The van der Waals surface area contributed by atoms with Crippen LogP contribution in [-0.4, -0.2) is 35.4 Å². The van der Waals surface area contributed by atoms with Crippen molar-refractivity contribution in [2.45, 2.75) is 33.1 Å². The fourth-order valence-electron chi connectivity index (χ4n) is 2.83. The number of hydrogen-bond donors (Lipinski definition) is 1. The average Bonchev–Trinajstić information content (AvgIpc) is 3.19. The highest BCUT2D eigenvalue weighted by Crippen LogP contribution is 2.36. The minimum absolute atomic E-state index is 0.0528. The van der Waals surface area contributed by atoms with Gasteiger partial charge >= 0.3 is 11.9 Å². The first-order valence-electron chi connectivity index (χ1n) is 8.58. The summed E-state index contributed by atoms with van der Waals surface area (Å²) in [5.74, 6) is -0.833. The third-order valence-corrected chi connectivity index (χ3v) is 4.13. The maximum Gasteiger partial charge on any atom is 0.442 e. The third-order valence-electron chi connectivity index (χ3n) is 4.13. The number of aryl methyl sites for hydroxylation is 1. The van der Waals surface area contributed by atoms with Crippen LogP contribution >= 0.6 is 0 Å². The Labute approximate surface area is 167 Å². The first kappa shape index (κ1) is 21.0. The van der Waals surface area contributed by atoms with Gasteiger partial charge in [-0.2, -0.15) is 18.3 Å². The molecule has 3 aromatic rings. The van der Waals surface area contributed by atoms with Gasteiger partial charge in [0, 0.05) is 0 Å². The van der Waals surface area contributed by atoms with Gasteiger partial charge in [-0.05, 0) is 19.4 Å². The fourth-order valence-corrected chi connectivity index (χ4v) is 2.83. The van der Waals surface area contributed by atoms with Crippen molar-refractivity contribution < 1.29 is 22.9 Å². The molecule has 0 aliphatic rings. The Morgan fingerprint density at radius 3 is 2.60 bits per heavy atom. The summed E-state index contributed by atoms with van der Waals surface area (Å²) >= 11 is 0. The zero-order valence-electron chi connectivity index (χ0n) is 15.8. The van der Waals surface area contributed by atoms with Crippen LogP contribution < -0.4 is 5.32 Å². The van der Waals surface area contributed by atoms with Gasteiger partial charge in [0.05, 0.1) is 11.5 Å². The van der Waals surface area contributed by atoms with E-state index < -0.39 is 34.9 Å². The molecule has 1 aromatic carbocycles. The Balaban J connectivity index is 1.71. The highest BCUT2D eigenvalue weighted by atomic mass is 19.4. The lowest BCUT2D eigenvalue weighted by Crippen LogP contribution is -2.21. The average molecular weight is 423 g/mol. The van der Waals surface area contributed by atoms with E-state index in [1.807, 2.05) is 31.2 Å². The molecule has 0 aliphatic heterocycles. The van der Waals surface area contributed by atoms with E-state index in [9.17, 15) is 28.1 Å². The van der Waals surface area contributed by atoms with Crippen LogP contribution in [0.4, 0.5) is 24.8 Å². The number of halogens is 3. The molecule has 1 amide bonds. The molecule has 0 unspecified atom stereocenters. The van der Waals surface area contributed by atoms with Crippen LogP contribution in [0.3, 0.4) is 0 Å². The molecular formula is C17H16F3N7O3. The molecule has 13 heteroatoms. The predicted molar refractivity (Wildman–Crippen MR) is 97.6 cm³/mol. The van der Waals surface area contributed by atoms with Gasteiger partial charge in [-0.15, -0.1) is 5.10 Å². The van der Waals surface area contributed by atoms with Gasteiger partial charge in [-0.25, -0.2) is 9.67 Å². The maximum atomic E-state index is 13.0. The number of nitrogens with one attached hydrogen (secondary N) is 1. The predicted octanol–water partition coefficient (Wildman–Crippen LogP) is 2.71. The highest BCUT2D eigenvalue weighted by Gasteiger charge is 2.44. The van der Waals surface area contributed by atoms with E-state index in [4.69, 9.17) is 0 Å². The highest BCUT2D eigenvalue weighted by molar-refractivity contribution is 5.88. The minimum atomic E-state index is -5.02. The number of carbonyl (C=O) groups excluding carboxylic acids is 1. The smallest absolute Gasteiger partial charge is 0.292 e. The van der Waals surface area contributed by atoms with Gasteiger partial charge in [0.15, 0.2) is 0 Å². The van der Waals surface area contributed by atoms with Crippen molar-refractivity contribution in [1.29, 1.82) is 0 Å². The first-order chi connectivity index (χ1) is 14.0. The lowest BCUT2D eigenvalue weighted by molar-refractivity contribution is -0.388. The van der Waals surface area contributed by atoms with Crippen LogP contribution in [0.15, 0.2) is 30.6 Å². The quantitative estimate of drug-likeness (QED) is 0.481. The van der Waals surface area contributed by atoms with Crippen molar-refractivity contribution in [2.24, 2.45) is 0 Å². The molecule has 10 nitrogen and oxygen atoms in total.